The molecule has 1 N–H and O–H groups in total. The molecule has 1 aromatic rings. The molecular weight excluding hydrogens is 266 g/mol. The molecule has 3 heterocycles. The number of nitrogens with one attached hydrogen (secondary N) is 1. The van der Waals surface area contributed by atoms with Crippen molar-refractivity contribution in [2.45, 2.75) is 44.1 Å². The molecule has 0 spiro atoms. The molecule has 2 fully saturated rings. The number of fused-ring (bicyclic) bond motifs is 2. The van der Waals surface area contributed by atoms with Crippen molar-refractivity contribution in [3.8, 4) is 12.3 Å². The van der Waals surface area contributed by atoms with Crippen LogP contribution in [0.5, 0.6) is 0 Å². The van der Waals surface area contributed by atoms with Crippen LogP contribution in [0.15, 0.2) is 11.0 Å². The van der Waals surface area contributed by atoms with Crippen LogP contribution in [0.25, 0.3) is 0 Å². The van der Waals surface area contributed by atoms with Crippen molar-refractivity contribution < 1.29 is 4.74 Å². The lowest BCUT2D eigenvalue weighted by molar-refractivity contribution is 0.102. The van der Waals surface area contributed by atoms with E-state index in [0.29, 0.717) is 16.8 Å². The van der Waals surface area contributed by atoms with Gasteiger partial charge in [0, 0.05) is 0 Å². The second-order valence-corrected chi connectivity index (χ2v) is 5.30. The predicted octanol–water partition coefficient (Wildman–Crippen LogP) is 1.26. The Bertz CT molecular complexity index is 593. The molecule has 100 valence electrons. The number of rotatable bonds is 3. The van der Waals surface area contributed by atoms with E-state index in [-0.39, 0.29) is 24.2 Å². The summed E-state index contributed by atoms with van der Waals surface area (Å²) in [4.78, 5) is 12.2. The van der Waals surface area contributed by atoms with E-state index in [1.54, 1.807) is 0 Å². The highest BCUT2D eigenvalue weighted by molar-refractivity contribution is 6.33. The van der Waals surface area contributed by atoms with Crippen LogP contribution in [0.3, 0.4) is 0 Å². The van der Waals surface area contributed by atoms with Crippen LogP contribution in [0.4, 0.5) is 5.69 Å². The molecule has 0 saturated carbocycles. The Kier molecular flexibility index (Phi) is 3.21. The standard InChI is InChI=1S/C13H14ClN3O2/c1-2-5-17-13(18)12(9(14)7-15-17)16-10-6-8-3-4-11(10)19-8/h1,7-8,10-11,16H,3-6H2. The van der Waals surface area contributed by atoms with E-state index in [1.807, 2.05) is 0 Å². The Morgan fingerprint density at radius 3 is 3.11 bits per heavy atom. The monoisotopic (exact) mass is 279 g/mol. The molecule has 3 atom stereocenters. The SMILES string of the molecule is C#CCn1ncc(Cl)c(NC2CC3CCC2O3)c1=O. The summed E-state index contributed by atoms with van der Waals surface area (Å²) < 4.78 is 6.98. The van der Waals surface area contributed by atoms with E-state index in [9.17, 15) is 4.79 Å². The molecule has 2 aliphatic rings. The summed E-state index contributed by atoms with van der Waals surface area (Å²) in [5.41, 5.74) is 0.0845. The molecule has 0 aliphatic carbocycles. The Hall–Kier alpha value is -1.51. The predicted molar refractivity (Wildman–Crippen MR) is 72.3 cm³/mol. The topological polar surface area (TPSA) is 56.1 Å². The minimum absolute atomic E-state index is 0.137. The minimum atomic E-state index is -0.284. The highest BCUT2D eigenvalue weighted by atomic mass is 35.5. The number of hydrogen-bond acceptors (Lipinski definition) is 4. The average Bonchev–Trinajstić information content (AvgIpc) is 3.00. The van der Waals surface area contributed by atoms with E-state index < -0.39 is 0 Å². The number of terminal acetylenes is 1. The van der Waals surface area contributed by atoms with Crippen molar-refractivity contribution in [1.82, 2.24) is 9.78 Å². The molecule has 0 aromatic carbocycles. The molecule has 6 heteroatoms. The number of hydrogen-bond donors (Lipinski definition) is 1. The van der Waals surface area contributed by atoms with Crippen LogP contribution >= 0.6 is 11.6 Å². The fourth-order valence-electron chi connectivity index (χ4n) is 2.77. The van der Waals surface area contributed by atoms with Gasteiger partial charge in [0.15, 0.2) is 0 Å². The Morgan fingerprint density at radius 1 is 1.63 bits per heavy atom. The maximum Gasteiger partial charge on any atom is 0.292 e. The summed E-state index contributed by atoms with van der Waals surface area (Å²) in [5, 5.41) is 7.44. The third kappa shape index (κ3) is 2.22. The van der Waals surface area contributed by atoms with Crippen molar-refractivity contribution in [2.24, 2.45) is 0 Å². The Balaban J connectivity index is 1.86. The molecule has 19 heavy (non-hydrogen) atoms. The summed E-state index contributed by atoms with van der Waals surface area (Å²) in [5.74, 6) is 2.40. The summed E-state index contributed by atoms with van der Waals surface area (Å²) in [7, 11) is 0. The number of aromatic nitrogens is 2. The van der Waals surface area contributed by atoms with E-state index in [2.05, 4.69) is 16.3 Å². The summed E-state index contributed by atoms with van der Waals surface area (Å²) in [6.07, 6.45) is 10.2. The fourth-order valence-corrected chi connectivity index (χ4v) is 2.95. The normalized spacial score (nSPS) is 28.3. The van der Waals surface area contributed by atoms with Crippen molar-refractivity contribution in [1.29, 1.82) is 0 Å². The number of nitrogens with zero attached hydrogens (tertiary/aromatic N) is 2. The molecule has 2 aliphatic heterocycles. The van der Waals surface area contributed by atoms with Gasteiger partial charge in [-0.2, -0.15) is 5.10 Å². The maximum atomic E-state index is 12.2. The van der Waals surface area contributed by atoms with E-state index in [0.717, 1.165) is 19.3 Å². The van der Waals surface area contributed by atoms with Crippen LogP contribution in [-0.2, 0) is 11.3 Å². The molecule has 0 radical (unpaired) electrons. The third-order valence-electron chi connectivity index (χ3n) is 3.67. The molecular formula is C13H14ClN3O2. The fraction of sp³-hybridized carbons (Fsp3) is 0.538. The smallest absolute Gasteiger partial charge is 0.292 e. The van der Waals surface area contributed by atoms with Crippen molar-refractivity contribution >= 4 is 17.3 Å². The Morgan fingerprint density at radius 2 is 2.47 bits per heavy atom. The minimum Gasteiger partial charge on any atom is -0.374 e. The van der Waals surface area contributed by atoms with E-state index in [4.69, 9.17) is 22.8 Å². The van der Waals surface area contributed by atoms with E-state index in [1.165, 1.54) is 10.9 Å². The van der Waals surface area contributed by atoms with Gasteiger partial charge >= 0.3 is 0 Å². The van der Waals surface area contributed by atoms with Gasteiger partial charge in [-0.15, -0.1) is 6.42 Å². The zero-order valence-electron chi connectivity index (χ0n) is 10.3. The van der Waals surface area contributed by atoms with Crippen molar-refractivity contribution in [3.63, 3.8) is 0 Å². The molecule has 2 saturated heterocycles. The lowest BCUT2D eigenvalue weighted by atomic mass is 9.95. The number of halogens is 1. The summed E-state index contributed by atoms with van der Waals surface area (Å²) in [6, 6.07) is 0.144. The van der Waals surface area contributed by atoms with Gasteiger partial charge in [-0.25, -0.2) is 4.68 Å². The first-order valence-electron chi connectivity index (χ1n) is 6.30. The Labute approximate surface area is 115 Å². The van der Waals surface area contributed by atoms with Gasteiger partial charge < -0.3 is 10.1 Å². The van der Waals surface area contributed by atoms with Gasteiger partial charge in [0.2, 0.25) is 0 Å². The summed E-state index contributed by atoms with van der Waals surface area (Å²) in [6.45, 7) is 0.137. The number of ether oxygens (including phenoxy) is 1. The maximum absolute atomic E-state index is 12.2. The highest BCUT2D eigenvalue weighted by Crippen LogP contribution is 2.36. The largest absolute Gasteiger partial charge is 0.374 e. The molecule has 5 nitrogen and oxygen atoms in total. The number of anilines is 1. The van der Waals surface area contributed by atoms with Gasteiger partial charge in [-0.05, 0) is 19.3 Å². The first kappa shape index (κ1) is 12.5. The van der Waals surface area contributed by atoms with Crippen LogP contribution in [-0.4, -0.2) is 28.0 Å². The second-order valence-electron chi connectivity index (χ2n) is 4.89. The molecule has 0 amide bonds. The van der Waals surface area contributed by atoms with Crippen molar-refractivity contribution in [2.75, 3.05) is 5.32 Å². The van der Waals surface area contributed by atoms with Crippen LogP contribution in [0.1, 0.15) is 19.3 Å². The quantitative estimate of drug-likeness (QED) is 0.847. The van der Waals surface area contributed by atoms with Crippen LogP contribution < -0.4 is 10.9 Å². The molecule has 3 unspecified atom stereocenters. The molecule has 1 aromatic heterocycles. The van der Waals surface area contributed by atoms with Crippen molar-refractivity contribution in [3.05, 3.63) is 21.6 Å². The molecule has 3 rings (SSSR count). The van der Waals surface area contributed by atoms with Gasteiger partial charge in [0.1, 0.15) is 12.2 Å². The first-order valence-corrected chi connectivity index (χ1v) is 6.68. The average molecular weight is 280 g/mol. The van der Waals surface area contributed by atoms with Gasteiger partial charge in [-0.3, -0.25) is 4.79 Å². The lowest BCUT2D eigenvalue weighted by Gasteiger charge is -2.21. The molecule has 2 bridgehead atoms. The van der Waals surface area contributed by atoms with Gasteiger partial charge in [0.25, 0.3) is 5.56 Å². The summed E-state index contributed by atoms with van der Waals surface area (Å²) >= 11 is 6.05. The lowest BCUT2D eigenvalue weighted by Crippen LogP contribution is -2.35. The zero-order chi connectivity index (χ0) is 13.4. The van der Waals surface area contributed by atoms with E-state index >= 15 is 0 Å². The zero-order valence-corrected chi connectivity index (χ0v) is 11.1. The van der Waals surface area contributed by atoms with Gasteiger partial charge in [0.05, 0.1) is 29.5 Å². The van der Waals surface area contributed by atoms with Crippen LogP contribution in [0.2, 0.25) is 5.02 Å². The highest BCUT2D eigenvalue weighted by Gasteiger charge is 2.41. The first-order chi connectivity index (χ1) is 9.19. The van der Waals surface area contributed by atoms with Crippen LogP contribution in [0, 0.1) is 12.3 Å². The second kappa shape index (κ2) is 4.87. The van der Waals surface area contributed by atoms with Gasteiger partial charge in [-0.1, -0.05) is 17.5 Å². The third-order valence-corrected chi connectivity index (χ3v) is 3.96.